The van der Waals surface area contributed by atoms with Crippen LogP contribution < -0.4 is 5.32 Å². The van der Waals surface area contributed by atoms with E-state index < -0.39 is 17.1 Å². The molecule has 5 nitrogen and oxygen atoms in total. The molecule has 120 valence electrons. The summed E-state index contributed by atoms with van der Waals surface area (Å²) in [5, 5.41) is 2.79. The van der Waals surface area contributed by atoms with Gasteiger partial charge < -0.3 is 14.8 Å². The van der Waals surface area contributed by atoms with Gasteiger partial charge in [-0.1, -0.05) is 34.7 Å². The van der Waals surface area contributed by atoms with Crippen molar-refractivity contribution in [2.75, 3.05) is 11.5 Å². The molecule has 0 aromatic carbocycles. The number of carbonyl (C=O) groups is 2. The number of esters is 1. The molecule has 0 radical (unpaired) electrons. The summed E-state index contributed by atoms with van der Waals surface area (Å²) in [7, 11) is 1.40. The first-order valence-electron chi connectivity index (χ1n) is 7.06. The maximum Gasteiger partial charge on any atom is 0.408 e. The molecule has 0 fully saturated rings. The molecule has 0 bridgehead atoms. The number of carbonyl (C=O) groups excluding carboxylic acids is 2. The van der Waals surface area contributed by atoms with Crippen molar-refractivity contribution in [1.29, 1.82) is 0 Å². The standard InChI is InChI=1S/C15H24INO4/c1-14(2,3)21-13(19)17-11-6-8-15(10-11,7-5-9-16)12(18)20-4/h6,8,11H,5,7,9-10H2,1-4H3,(H,17,19)/t11-,15+/m1/s1. The molecule has 0 unspecified atom stereocenters. The largest absolute Gasteiger partial charge is 0.468 e. The van der Waals surface area contributed by atoms with Gasteiger partial charge in [-0.3, -0.25) is 4.79 Å². The Balaban J connectivity index is 2.65. The van der Waals surface area contributed by atoms with Crippen molar-refractivity contribution in [1.82, 2.24) is 5.32 Å². The Morgan fingerprint density at radius 1 is 1.43 bits per heavy atom. The number of halogens is 1. The summed E-state index contributed by atoms with van der Waals surface area (Å²) < 4.78 is 11.1. The quantitative estimate of drug-likeness (QED) is 0.328. The third kappa shape index (κ3) is 5.48. The lowest BCUT2D eigenvalue weighted by Gasteiger charge is -2.26. The third-order valence-corrected chi connectivity index (χ3v) is 4.05. The summed E-state index contributed by atoms with van der Waals surface area (Å²) in [4.78, 5) is 23.9. The van der Waals surface area contributed by atoms with Gasteiger partial charge in [0.05, 0.1) is 18.6 Å². The molecule has 1 N–H and O–H groups in total. The molecule has 1 aliphatic rings. The van der Waals surface area contributed by atoms with Crippen LogP contribution in [0.3, 0.4) is 0 Å². The lowest BCUT2D eigenvalue weighted by atomic mass is 9.82. The van der Waals surface area contributed by atoms with Gasteiger partial charge in [-0.2, -0.15) is 0 Å². The zero-order valence-corrected chi connectivity index (χ0v) is 15.2. The van der Waals surface area contributed by atoms with Gasteiger partial charge in [0, 0.05) is 0 Å². The Morgan fingerprint density at radius 3 is 2.62 bits per heavy atom. The molecular formula is C15H24INO4. The topological polar surface area (TPSA) is 64.6 Å². The van der Waals surface area contributed by atoms with Crippen LogP contribution in [-0.2, 0) is 14.3 Å². The van der Waals surface area contributed by atoms with Crippen LogP contribution in [0.2, 0.25) is 0 Å². The fourth-order valence-electron chi connectivity index (χ4n) is 2.41. The molecule has 2 atom stereocenters. The van der Waals surface area contributed by atoms with E-state index in [-0.39, 0.29) is 12.0 Å². The zero-order chi connectivity index (χ0) is 16.1. The molecule has 0 spiro atoms. The Hall–Kier alpha value is -0.790. The molecule has 0 aromatic heterocycles. The molecule has 1 rings (SSSR count). The number of rotatable bonds is 5. The van der Waals surface area contributed by atoms with Gasteiger partial charge in [-0.25, -0.2) is 4.79 Å². The molecule has 1 aliphatic carbocycles. The van der Waals surface area contributed by atoms with Crippen molar-refractivity contribution in [3.05, 3.63) is 12.2 Å². The SMILES string of the molecule is COC(=O)[C@@]1(CCCI)C=C[C@@H](NC(=O)OC(C)(C)C)C1. The summed E-state index contributed by atoms with van der Waals surface area (Å²) in [5.41, 5.74) is -1.16. The van der Waals surface area contributed by atoms with Crippen molar-refractivity contribution in [2.45, 2.75) is 51.7 Å². The van der Waals surface area contributed by atoms with Crippen LogP contribution in [0.25, 0.3) is 0 Å². The van der Waals surface area contributed by atoms with Crippen molar-refractivity contribution in [3.63, 3.8) is 0 Å². The van der Waals surface area contributed by atoms with Crippen LogP contribution in [0, 0.1) is 5.41 Å². The highest BCUT2D eigenvalue weighted by atomic mass is 127. The molecule has 0 aromatic rings. The second kappa shape index (κ2) is 7.47. The van der Waals surface area contributed by atoms with Crippen LogP contribution in [0.1, 0.15) is 40.0 Å². The minimum absolute atomic E-state index is 0.201. The molecule has 0 heterocycles. The first-order valence-corrected chi connectivity index (χ1v) is 8.58. The van der Waals surface area contributed by atoms with Crippen LogP contribution in [-0.4, -0.2) is 35.2 Å². The maximum atomic E-state index is 12.1. The summed E-state index contributed by atoms with van der Waals surface area (Å²) in [6.45, 7) is 5.45. The molecule has 0 aliphatic heterocycles. The summed E-state index contributed by atoms with van der Waals surface area (Å²) in [6.07, 6.45) is 5.44. The first-order chi connectivity index (χ1) is 9.72. The summed E-state index contributed by atoms with van der Waals surface area (Å²) in [5.74, 6) is -0.239. The summed E-state index contributed by atoms with van der Waals surface area (Å²) >= 11 is 2.29. The molecule has 1 amide bonds. The number of nitrogens with one attached hydrogen (secondary N) is 1. The molecule has 0 saturated heterocycles. The Morgan fingerprint density at radius 2 is 2.10 bits per heavy atom. The Bertz CT molecular complexity index is 416. The molecule has 6 heteroatoms. The van der Waals surface area contributed by atoms with Crippen molar-refractivity contribution >= 4 is 34.7 Å². The highest BCUT2D eigenvalue weighted by Crippen LogP contribution is 2.38. The molecular weight excluding hydrogens is 385 g/mol. The monoisotopic (exact) mass is 409 g/mol. The number of methoxy groups -OCH3 is 1. The maximum absolute atomic E-state index is 12.1. The van der Waals surface area contributed by atoms with Crippen LogP contribution in [0.4, 0.5) is 4.79 Å². The van der Waals surface area contributed by atoms with Gasteiger partial charge in [0.2, 0.25) is 0 Å². The number of hydrogen-bond acceptors (Lipinski definition) is 4. The van der Waals surface area contributed by atoms with Crippen LogP contribution >= 0.6 is 22.6 Å². The van der Waals surface area contributed by atoms with Crippen molar-refractivity contribution in [3.8, 4) is 0 Å². The number of amides is 1. The van der Waals surface area contributed by atoms with E-state index in [0.29, 0.717) is 6.42 Å². The molecule has 0 saturated carbocycles. The second-order valence-corrected chi connectivity index (χ2v) is 7.33. The average molecular weight is 409 g/mol. The van der Waals surface area contributed by atoms with Crippen molar-refractivity contribution in [2.24, 2.45) is 5.41 Å². The number of hydrogen-bond donors (Lipinski definition) is 1. The van der Waals surface area contributed by atoms with Crippen LogP contribution in [0.5, 0.6) is 0 Å². The van der Waals surface area contributed by atoms with E-state index in [1.807, 2.05) is 32.9 Å². The van der Waals surface area contributed by atoms with E-state index in [4.69, 9.17) is 9.47 Å². The van der Waals surface area contributed by atoms with E-state index >= 15 is 0 Å². The van der Waals surface area contributed by atoms with Gasteiger partial charge in [-0.15, -0.1) is 0 Å². The summed E-state index contributed by atoms with van der Waals surface area (Å²) in [6, 6.07) is -0.201. The fraction of sp³-hybridized carbons (Fsp3) is 0.733. The van der Waals surface area contributed by atoms with E-state index in [9.17, 15) is 9.59 Å². The third-order valence-electron chi connectivity index (χ3n) is 3.28. The fourth-order valence-corrected chi connectivity index (χ4v) is 2.79. The smallest absolute Gasteiger partial charge is 0.408 e. The molecule has 21 heavy (non-hydrogen) atoms. The number of alkyl carbamates (subject to hydrolysis) is 1. The highest BCUT2D eigenvalue weighted by molar-refractivity contribution is 14.1. The van der Waals surface area contributed by atoms with E-state index in [2.05, 4.69) is 27.9 Å². The average Bonchev–Trinajstić information content (AvgIpc) is 2.77. The van der Waals surface area contributed by atoms with E-state index in [1.54, 1.807) is 0 Å². The van der Waals surface area contributed by atoms with Gasteiger partial charge in [-0.05, 0) is 44.5 Å². The normalized spacial score (nSPS) is 24.7. The Kier molecular flexibility index (Phi) is 6.49. The zero-order valence-electron chi connectivity index (χ0n) is 13.1. The van der Waals surface area contributed by atoms with Gasteiger partial charge in [0.1, 0.15) is 5.60 Å². The van der Waals surface area contributed by atoms with Gasteiger partial charge in [0.15, 0.2) is 0 Å². The minimum Gasteiger partial charge on any atom is -0.468 e. The predicted molar refractivity (Wildman–Crippen MR) is 89.5 cm³/mol. The number of ether oxygens (including phenoxy) is 2. The van der Waals surface area contributed by atoms with Crippen LogP contribution in [0.15, 0.2) is 12.2 Å². The second-order valence-electron chi connectivity index (χ2n) is 6.26. The highest BCUT2D eigenvalue weighted by Gasteiger charge is 2.42. The van der Waals surface area contributed by atoms with E-state index in [1.165, 1.54) is 7.11 Å². The Labute approximate surface area is 140 Å². The lowest BCUT2D eigenvalue weighted by Crippen LogP contribution is -2.40. The van der Waals surface area contributed by atoms with Gasteiger partial charge in [0.25, 0.3) is 0 Å². The number of alkyl halides is 1. The van der Waals surface area contributed by atoms with E-state index in [0.717, 1.165) is 17.3 Å². The predicted octanol–water partition coefficient (Wildman–Crippen LogP) is 3.21. The first kappa shape index (κ1) is 18.3. The van der Waals surface area contributed by atoms with Crippen molar-refractivity contribution < 1.29 is 19.1 Å². The minimum atomic E-state index is -0.625. The van der Waals surface area contributed by atoms with Gasteiger partial charge >= 0.3 is 12.1 Å². The lowest BCUT2D eigenvalue weighted by molar-refractivity contribution is -0.150.